The van der Waals surface area contributed by atoms with E-state index in [-0.39, 0.29) is 16.1 Å². The van der Waals surface area contributed by atoms with Gasteiger partial charge in [0.05, 0.1) is 5.71 Å². The number of rotatable bonds is 4. The van der Waals surface area contributed by atoms with Crippen LogP contribution in [0.15, 0.2) is 59.7 Å². The van der Waals surface area contributed by atoms with Gasteiger partial charge in [0.2, 0.25) is 5.72 Å². The number of carbonyl (C=O) groups excluding carboxylic acids is 1. The smallest absolute Gasteiger partial charge is 0.364 e. The summed E-state index contributed by atoms with van der Waals surface area (Å²) >= 11 is 0. The van der Waals surface area contributed by atoms with Crippen LogP contribution in [0.4, 0.5) is 30.7 Å². The second kappa shape index (κ2) is 7.33. The Bertz CT molecular complexity index is 1000. The molecule has 1 heterocycles. The summed E-state index contributed by atoms with van der Waals surface area (Å²) in [5.74, 6) is -14.2. The van der Waals surface area contributed by atoms with Gasteiger partial charge in [0, 0.05) is 12.0 Å². The predicted octanol–water partition coefficient (Wildman–Crippen LogP) is 4.77. The molecule has 11 heteroatoms. The van der Waals surface area contributed by atoms with Crippen LogP contribution in [0.5, 0.6) is 0 Å². The van der Waals surface area contributed by atoms with Gasteiger partial charge in [0.1, 0.15) is 0 Å². The number of benzene rings is 2. The van der Waals surface area contributed by atoms with Crippen molar-refractivity contribution in [3.63, 3.8) is 0 Å². The fraction of sp³-hybridized carbons (Fsp3) is 0.300. The molecule has 3 rings (SSSR count). The Morgan fingerprint density at radius 2 is 1.52 bits per heavy atom. The summed E-state index contributed by atoms with van der Waals surface area (Å²) < 4.78 is 95.3. The maximum absolute atomic E-state index is 14.7. The van der Waals surface area contributed by atoms with Gasteiger partial charge in [-0.15, -0.1) is 0 Å². The van der Waals surface area contributed by atoms with Crippen LogP contribution >= 0.6 is 0 Å². The Hall–Kier alpha value is -2.95. The molecule has 0 fully saturated rings. The van der Waals surface area contributed by atoms with Gasteiger partial charge in [-0.3, -0.25) is 4.79 Å². The summed E-state index contributed by atoms with van der Waals surface area (Å²) in [6.07, 6.45) is -8.15. The molecule has 1 aliphatic heterocycles. The van der Waals surface area contributed by atoms with E-state index in [0.29, 0.717) is 5.56 Å². The van der Waals surface area contributed by atoms with E-state index in [1.165, 1.54) is 42.5 Å². The molecule has 0 saturated heterocycles. The van der Waals surface area contributed by atoms with Crippen molar-refractivity contribution in [1.29, 1.82) is 0 Å². The number of aryl methyl sites for hydroxylation is 1. The third-order valence-electron chi connectivity index (χ3n) is 4.84. The first kappa shape index (κ1) is 22.7. The number of hydrogen-bond donors (Lipinski definition) is 1. The lowest BCUT2D eigenvalue weighted by atomic mass is 9.91. The number of carbonyl (C=O) groups is 1. The van der Waals surface area contributed by atoms with Gasteiger partial charge in [-0.05, 0) is 24.6 Å². The van der Waals surface area contributed by atoms with E-state index in [2.05, 4.69) is 5.10 Å². The number of hydrogen-bond acceptors (Lipinski definition) is 3. The maximum Gasteiger partial charge on any atom is 0.460 e. The van der Waals surface area contributed by atoms with Crippen molar-refractivity contribution in [3.8, 4) is 0 Å². The zero-order chi connectivity index (χ0) is 23.2. The highest BCUT2D eigenvalue weighted by molar-refractivity contribution is 6.05. The van der Waals surface area contributed by atoms with Crippen LogP contribution in [-0.4, -0.2) is 45.5 Å². The van der Waals surface area contributed by atoms with Crippen molar-refractivity contribution in [2.45, 2.75) is 37.1 Å². The highest BCUT2D eigenvalue weighted by Gasteiger charge is 2.82. The molecule has 1 amide bonds. The maximum atomic E-state index is 14.7. The van der Waals surface area contributed by atoms with Gasteiger partial charge in [-0.2, -0.15) is 40.8 Å². The largest absolute Gasteiger partial charge is 0.460 e. The molecule has 2 aromatic rings. The highest BCUT2D eigenvalue weighted by atomic mass is 19.4. The van der Waals surface area contributed by atoms with E-state index in [4.69, 9.17) is 0 Å². The standard InChI is InChI=1S/C20H15F7N2O2/c1-12-7-9-14(10-8-12)16(30)29-17(31,18(21,22)19(23,24)20(25,26)27)11-15(28-29)13-5-3-2-4-6-13/h2-10,31H,11H2,1H3. The van der Waals surface area contributed by atoms with Gasteiger partial charge in [-0.1, -0.05) is 48.0 Å². The van der Waals surface area contributed by atoms with Crippen molar-refractivity contribution in [2.24, 2.45) is 5.10 Å². The summed E-state index contributed by atoms with van der Waals surface area (Å²) in [5.41, 5.74) is -4.35. The van der Waals surface area contributed by atoms with E-state index in [0.717, 1.165) is 12.1 Å². The van der Waals surface area contributed by atoms with Gasteiger partial charge >= 0.3 is 18.0 Å². The van der Waals surface area contributed by atoms with Crippen LogP contribution in [0.3, 0.4) is 0 Å². The average Bonchev–Trinajstić information content (AvgIpc) is 3.07. The van der Waals surface area contributed by atoms with Gasteiger partial charge < -0.3 is 5.11 Å². The highest BCUT2D eigenvalue weighted by Crippen LogP contribution is 2.54. The van der Waals surface area contributed by atoms with E-state index in [9.17, 15) is 40.6 Å². The number of aliphatic hydroxyl groups is 1. The molecule has 0 aliphatic carbocycles. The molecule has 1 aliphatic rings. The number of alkyl halides is 7. The lowest BCUT2D eigenvalue weighted by Crippen LogP contribution is -2.69. The molecule has 0 aromatic heterocycles. The monoisotopic (exact) mass is 448 g/mol. The zero-order valence-corrected chi connectivity index (χ0v) is 15.8. The molecular formula is C20H15F7N2O2. The van der Waals surface area contributed by atoms with E-state index in [1.807, 2.05) is 0 Å². The summed E-state index contributed by atoms with van der Waals surface area (Å²) in [6.45, 7) is 1.64. The molecule has 0 bridgehead atoms. The summed E-state index contributed by atoms with van der Waals surface area (Å²) in [6, 6.07) is 12.1. The Labute approximate surface area is 171 Å². The lowest BCUT2D eigenvalue weighted by Gasteiger charge is -2.41. The average molecular weight is 448 g/mol. The Morgan fingerprint density at radius 3 is 2.03 bits per heavy atom. The first-order valence-corrected chi connectivity index (χ1v) is 8.81. The Balaban J connectivity index is 2.15. The third-order valence-corrected chi connectivity index (χ3v) is 4.84. The molecule has 0 saturated carbocycles. The van der Waals surface area contributed by atoms with Crippen LogP contribution in [0.1, 0.15) is 27.9 Å². The van der Waals surface area contributed by atoms with Gasteiger partial charge in [-0.25, -0.2) is 0 Å². The van der Waals surface area contributed by atoms with Crippen LogP contribution < -0.4 is 0 Å². The quantitative estimate of drug-likeness (QED) is 0.686. The second-order valence-electron chi connectivity index (χ2n) is 7.04. The second-order valence-corrected chi connectivity index (χ2v) is 7.04. The molecule has 0 radical (unpaired) electrons. The van der Waals surface area contributed by atoms with Crippen molar-refractivity contribution in [1.82, 2.24) is 5.01 Å². The van der Waals surface area contributed by atoms with Crippen molar-refractivity contribution in [2.75, 3.05) is 0 Å². The molecule has 166 valence electrons. The van der Waals surface area contributed by atoms with Crippen LogP contribution in [-0.2, 0) is 0 Å². The van der Waals surface area contributed by atoms with Crippen molar-refractivity contribution >= 4 is 11.6 Å². The fourth-order valence-electron chi connectivity index (χ4n) is 3.04. The minimum atomic E-state index is -6.69. The molecule has 4 nitrogen and oxygen atoms in total. The Morgan fingerprint density at radius 1 is 0.968 bits per heavy atom. The number of halogens is 7. The van der Waals surface area contributed by atoms with Crippen molar-refractivity contribution in [3.05, 3.63) is 71.3 Å². The van der Waals surface area contributed by atoms with E-state index in [1.54, 1.807) is 6.92 Å². The molecule has 31 heavy (non-hydrogen) atoms. The number of nitrogens with zero attached hydrogens (tertiary/aromatic N) is 2. The molecule has 1 N–H and O–H groups in total. The van der Waals surface area contributed by atoms with Crippen LogP contribution in [0.25, 0.3) is 0 Å². The number of hydrazone groups is 1. The lowest BCUT2D eigenvalue weighted by molar-refractivity contribution is -0.400. The molecule has 0 spiro atoms. The van der Waals surface area contributed by atoms with Gasteiger partial charge in [0.25, 0.3) is 5.91 Å². The van der Waals surface area contributed by atoms with Crippen LogP contribution in [0, 0.1) is 6.92 Å². The normalized spacial score (nSPS) is 20.0. The minimum absolute atomic E-state index is 0.0613. The minimum Gasteiger partial charge on any atom is -0.364 e. The first-order valence-electron chi connectivity index (χ1n) is 8.81. The first-order chi connectivity index (χ1) is 14.2. The number of amides is 1. The van der Waals surface area contributed by atoms with Gasteiger partial charge in [0.15, 0.2) is 0 Å². The van der Waals surface area contributed by atoms with Crippen molar-refractivity contribution < 1.29 is 40.6 Å². The zero-order valence-electron chi connectivity index (χ0n) is 15.8. The predicted molar refractivity (Wildman–Crippen MR) is 95.8 cm³/mol. The summed E-state index contributed by atoms with van der Waals surface area (Å²) in [4.78, 5) is 12.8. The van der Waals surface area contributed by atoms with E-state index < -0.39 is 41.8 Å². The topological polar surface area (TPSA) is 52.9 Å². The fourth-order valence-corrected chi connectivity index (χ4v) is 3.04. The molecular weight excluding hydrogens is 433 g/mol. The Kier molecular flexibility index (Phi) is 5.37. The van der Waals surface area contributed by atoms with E-state index >= 15 is 0 Å². The third kappa shape index (κ3) is 3.56. The summed E-state index contributed by atoms with van der Waals surface area (Å²) in [7, 11) is 0. The van der Waals surface area contributed by atoms with Crippen LogP contribution in [0.2, 0.25) is 0 Å². The summed E-state index contributed by atoms with van der Waals surface area (Å²) in [5, 5.41) is 13.7. The SMILES string of the molecule is Cc1ccc(C(=O)N2N=C(c3ccccc3)CC2(O)C(F)(F)C(F)(F)C(F)(F)F)cc1. The molecule has 2 aromatic carbocycles. The molecule has 1 unspecified atom stereocenters. The molecule has 1 atom stereocenters.